The quantitative estimate of drug-likeness (QED) is 0.129. The molecule has 0 spiro atoms. The number of carbonyl (C=O) groups is 3. The first kappa shape index (κ1) is 31.1. The van der Waals surface area contributed by atoms with Gasteiger partial charge in [0.25, 0.3) is 0 Å². The molecule has 0 radical (unpaired) electrons. The van der Waals surface area contributed by atoms with Crippen LogP contribution < -0.4 is 0 Å². The predicted molar refractivity (Wildman–Crippen MR) is 141 cm³/mol. The third-order valence-corrected chi connectivity index (χ3v) is 7.22. The number of unbranched alkanes of at least 4 members (excludes halogenated alkanes) is 3. The minimum atomic E-state index is -0.301. The van der Waals surface area contributed by atoms with Gasteiger partial charge in [0.1, 0.15) is 6.10 Å². The van der Waals surface area contributed by atoms with Crippen LogP contribution in [0.5, 0.6) is 0 Å². The summed E-state index contributed by atoms with van der Waals surface area (Å²) in [4.78, 5) is 36.1. The predicted octanol–water partition coefficient (Wildman–Crippen LogP) is 5.54. The number of carbonyl (C=O) groups excluding carboxylic acids is 3. The van der Waals surface area contributed by atoms with Crippen LogP contribution in [-0.4, -0.2) is 49.9 Å². The van der Waals surface area contributed by atoms with Gasteiger partial charge in [-0.25, -0.2) is 0 Å². The lowest BCUT2D eigenvalue weighted by Gasteiger charge is -2.29. The summed E-state index contributed by atoms with van der Waals surface area (Å²) >= 11 is 0. The molecule has 1 saturated heterocycles. The molecule has 2 aliphatic rings. The number of methoxy groups -OCH3 is 1. The van der Waals surface area contributed by atoms with Crippen molar-refractivity contribution in [2.75, 3.05) is 13.7 Å². The Morgan fingerprint density at radius 1 is 1.08 bits per heavy atom. The Bertz CT molecular complexity index is 802. The summed E-state index contributed by atoms with van der Waals surface area (Å²) in [7, 11) is 1.41. The molecule has 2 rings (SSSR count). The first-order valence-corrected chi connectivity index (χ1v) is 14.0. The van der Waals surface area contributed by atoms with Crippen molar-refractivity contribution in [1.29, 1.82) is 0 Å². The third-order valence-electron chi connectivity index (χ3n) is 7.22. The summed E-state index contributed by atoms with van der Waals surface area (Å²) in [5, 5.41) is 0. The van der Waals surface area contributed by atoms with Crippen molar-refractivity contribution in [3.05, 3.63) is 12.2 Å². The Morgan fingerprint density at radius 3 is 2.54 bits per heavy atom. The maximum Gasteiger partial charge on any atom is 0.305 e. The fourth-order valence-corrected chi connectivity index (χ4v) is 5.16. The molecular formula is C30H46O7. The molecular weight excluding hydrogens is 472 g/mol. The summed E-state index contributed by atoms with van der Waals surface area (Å²) in [5.74, 6) is 5.49. The monoisotopic (exact) mass is 518 g/mol. The molecule has 0 amide bonds. The summed E-state index contributed by atoms with van der Waals surface area (Å²) in [5.41, 5.74) is 0. The van der Waals surface area contributed by atoms with E-state index in [-0.39, 0.29) is 54.0 Å². The van der Waals surface area contributed by atoms with Crippen molar-refractivity contribution < 1.29 is 33.3 Å². The zero-order valence-electron chi connectivity index (χ0n) is 23.2. The van der Waals surface area contributed by atoms with Crippen LogP contribution in [0, 0.1) is 29.6 Å². The van der Waals surface area contributed by atoms with Crippen LogP contribution in [0.25, 0.3) is 0 Å². The molecule has 2 unspecified atom stereocenters. The van der Waals surface area contributed by atoms with Crippen LogP contribution >= 0.6 is 0 Å². The molecule has 2 fully saturated rings. The van der Waals surface area contributed by atoms with Crippen molar-refractivity contribution in [3.63, 3.8) is 0 Å². The Balaban J connectivity index is 2.10. The average Bonchev–Trinajstić information content (AvgIpc) is 3.19. The molecule has 0 N–H and O–H groups in total. The highest BCUT2D eigenvalue weighted by Crippen LogP contribution is 2.42. The highest BCUT2D eigenvalue weighted by molar-refractivity contribution is 5.91. The minimum Gasteiger partial charge on any atom is -0.469 e. The fraction of sp³-hybridized carbons (Fsp3) is 0.767. The number of hydrogen-bond acceptors (Lipinski definition) is 7. The van der Waals surface area contributed by atoms with Gasteiger partial charge in [0.05, 0.1) is 13.2 Å². The largest absolute Gasteiger partial charge is 0.469 e. The first-order valence-electron chi connectivity index (χ1n) is 14.0. The number of esters is 2. The van der Waals surface area contributed by atoms with E-state index in [0.29, 0.717) is 25.9 Å². The number of ether oxygens (including phenoxy) is 4. The third kappa shape index (κ3) is 11.4. The summed E-state index contributed by atoms with van der Waals surface area (Å²) in [6.07, 6.45) is 12.7. The lowest BCUT2D eigenvalue weighted by molar-refractivity contribution is -0.193. The van der Waals surface area contributed by atoms with Crippen molar-refractivity contribution in [3.8, 4) is 11.8 Å². The Hall–Kier alpha value is -2.17. The topological polar surface area (TPSA) is 88.1 Å². The van der Waals surface area contributed by atoms with Crippen LogP contribution in [0.1, 0.15) is 97.8 Å². The van der Waals surface area contributed by atoms with E-state index >= 15 is 0 Å². The molecule has 1 saturated carbocycles. The summed E-state index contributed by atoms with van der Waals surface area (Å²) < 4.78 is 22.7. The van der Waals surface area contributed by atoms with Crippen LogP contribution in [0.2, 0.25) is 0 Å². The minimum absolute atomic E-state index is 0.0514. The van der Waals surface area contributed by atoms with Gasteiger partial charge in [-0.1, -0.05) is 39.2 Å². The Morgan fingerprint density at radius 2 is 1.86 bits per heavy atom. The van der Waals surface area contributed by atoms with Crippen molar-refractivity contribution in [2.45, 2.75) is 116 Å². The fourth-order valence-electron chi connectivity index (χ4n) is 5.16. The molecule has 0 aromatic heterocycles. The van der Waals surface area contributed by atoms with Gasteiger partial charge in [0.15, 0.2) is 12.1 Å². The molecule has 0 aromatic carbocycles. The summed E-state index contributed by atoms with van der Waals surface area (Å²) in [6.45, 7) is 6.03. The van der Waals surface area contributed by atoms with E-state index in [1.54, 1.807) is 6.08 Å². The van der Waals surface area contributed by atoms with Gasteiger partial charge in [-0.3, -0.25) is 14.4 Å². The van der Waals surface area contributed by atoms with Gasteiger partial charge in [-0.05, 0) is 38.2 Å². The number of allylic oxidation sites excluding steroid dienone is 1. The van der Waals surface area contributed by atoms with Crippen LogP contribution in [-0.2, 0) is 33.3 Å². The van der Waals surface area contributed by atoms with E-state index < -0.39 is 0 Å². The van der Waals surface area contributed by atoms with Crippen LogP contribution in [0.4, 0.5) is 0 Å². The standard InChI is InChI=1S/C30H46O7/c1-5-6-9-14-22(2)26(32)19-18-25-24(15-10-7-8-11-16-29(33)34-4)27(36-23(3)31)21-28(25)37-30-17-12-13-20-35-30/h18-19,22,24-25,27-28,30H,5,7-8,10-17,20-21H2,1-4H3/b19-18+/t22?,24-,25-,27+,28-,30?/m1/s1. The lowest BCUT2D eigenvalue weighted by Crippen LogP contribution is -2.30. The molecule has 1 aliphatic carbocycles. The van der Waals surface area contributed by atoms with Gasteiger partial charge >= 0.3 is 11.9 Å². The summed E-state index contributed by atoms with van der Waals surface area (Å²) in [6, 6.07) is 0. The second kappa shape index (κ2) is 17.4. The van der Waals surface area contributed by atoms with E-state index in [1.165, 1.54) is 14.0 Å². The Labute approximate surface area is 223 Å². The number of ketones is 1. The second-order valence-electron chi connectivity index (χ2n) is 10.2. The zero-order valence-corrected chi connectivity index (χ0v) is 23.2. The van der Waals surface area contributed by atoms with Crippen LogP contribution in [0.3, 0.4) is 0 Å². The van der Waals surface area contributed by atoms with Gasteiger partial charge in [-0.15, -0.1) is 11.8 Å². The van der Waals surface area contributed by atoms with E-state index in [9.17, 15) is 14.4 Å². The van der Waals surface area contributed by atoms with E-state index in [0.717, 1.165) is 57.8 Å². The molecule has 7 heteroatoms. The Kier molecular flexibility index (Phi) is 14.6. The smallest absolute Gasteiger partial charge is 0.305 e. The molecule has 1 aliphatic heterocycles. The zero-order chi connectivity index (χ0) is 27.0. The van der Waals surface area contributed by atoms with E-state index in [2.05, 4.69) is 11.8 Å². The van der Waals surface area contributed by atoms with Crippen molar-refractivity contribution in [1.82, 2.24) is 0 Å². The number of hydrogen-bond donors (Lipinski definition) is 0. The SMILES string of the molecule is CCC#CCC(C)C(=O)/C=C/[C@@H]1[C@@H](CCCCCCC(=O)OC)[C@@H](OC(C)=O)C[C@H]1OC1CCCCO1. The first-order chi connectivity index (χ1) is 17.8. The molecule has 6 atom stereocenters. The highest BCUT2D eigenvalue weighted by atomic mass is 16.7. The molecule has 0 aromatic rings. The average molecular weight is 519 g/mol. The lowest BCUT2D eigenvalue weighted by atomic mass is 9.87. The normalized spacial score (nSPS) is 26.3. The van der Waals surface area contributed by atoms with Gasteiger partial charge in [0.2, 0.25) is 0 Å². The maximum atomic E-state index is 12.8. The van der Waals surface area contributed by atoms with Crippen molar-refractivity contribution >= 4 is 17.7 Å². The molecule has 37 heavy (non-hydrogen) atoms. The maximum absolute atomic E-state index is 12.8. The highest BCUT2D eigenvalue weighted by Gasteiger charge is 2.45. The molecule has 1 heterocycles. The van der Waals surface area contributed by atoms with E-state index in [1.807, 2.05) is 19.9 Å². The van der Waals surface area contributed by atoms with Gasteiger partial charge < -0.3 is 18.9 Å². The van der Waals surface area contributed by atoms with Crippen molar-refractivity contribution in [2.24, 2.45) is 17.8 Å². The number of rotatable bonds is 14. The molecule has 7 nitrogen and oxygen atoms in total. The molecule has 208 valence electrons. The van der Waals surface area contributed by atoms with Gasteiger partial charge in [0, 0.05) is 57.0 Å². The van der Waals surface area contributed by atoms with Crippen LogP contribution in [0.15, 0.2) is 12.2 Å². The second-order valence-corrected chi connectivity index (χ2v) is 10.2. The van der Waals surface area contributed by atoms with Gasteiger partial charge in [-0.2, -0.15) is 0 Å². The van der Waals surface area contributed by atoms with E-state index in [4.69, 9.17) is 18.9 Å². The molecule has 0 bridgehead atoms.